The maximum atomic E-state index is 7.03. The van der Waals surface area contributed by atoms with E-state index < -0.39 is 127 Å². The second kappa shape index (κ2) is 16.2. The third kappa shape index (κ3) is 10.6. The molecule has 28 heteroatoms. The Kier molecular flexibility index (Phi) is 13.7. The van der Waals surface area contributed by atoms with E-state index in [1.807, 2.05) is 0 Å². The van der Waals surface area contributed by atoms with Crippen LogP contribution in [0.5, 0.6) is 0 Å². The van der Waals surface area contributed by atoms with Crippen LogP contribution in [0.1, 0.15) is 111 Å². The highest BCUT2D eigenvalue weighted by Gasteiger charge is 2.89. The molecule has 0 spiro atoms. The van der Waals surface area contributed by atoms with E-state index in [4.69, 9.17) is 85.1 Å². The van der Waals surface area contributed by atoms with Gasteiger partial charge in [-0.05, 0) is 111 Å². The summed E-state index contributed by atoms with van der Waals surface area (Å²) in [4.78, 5) is 0. The zero-order valence-electron chi connectivity index (χ0n) is 33.5. The minimum absolute atomic E-state index is 0.486. The Morgan fingerprint density at radius 1 is 0.264 bits per heavy atom. The minimum Gasteiger partial charge on any atom is -0.370 e. The minimum atomic E-state index is -4.96. The van der Waals surface area contributed by atoms with Gasteiger partial charge in [0.15, 0.2) is 0 Å². The average Bonchev–Trinajstić information content (AvgIpc) is 2.91. The SMILES string of the molecule is CC(C)O[Si]12CO[Si]3(OC(C)C)O[Si]4(OC(C)C)O[Si]5(OC(C)C)O[Si](OC(C)C)(O[Si](OC(C)C)(O1)O[Si@@](OC(C)C)(O3)O5)O[Si@](OC(C)C)(O2)O4. The number of fused-ring (bicyclic) bond motifs is 1. The van der Waals surface area contributed by atoms with Gasteiger partial charge in [-0.1, -0.05) is 0 Å². The smallest absolute Gasteiger partial charge is 0.370 e. The van der Waals surface area contributed by atoms with Gasteiger partial charge < -0.3 is 85.1 Å². The third-order valence-electron chi connectivity index (χ3n) is 6.31. The molecule has 8 atom stereocenters. The molecule has 0 radical (unpaired) electrons. The Morgan fingerprint density at radius 2 is 0.453 bits per heavy atom. The quantitative estimate of drug-likeness (QED) is 0.206. The maximum absolute atomic E-state index is 7.03. The van der Waals surface area contributed by atoms with Crippen molar-refractivity contribution < 1.29 is 85.1 Å². The van der Waals surface area contributed by atoms with Crippen molar-refractivity contribution in [2.45, 2.75) is 160 Å². The fraction of sp³-hybridized carbons (Fsp3) is 1.00. The lowest BCUT2D eigenvalue weighted by atomic mass is 10.5. The first-order valence-corrected chi connectivity index (χ1v) is 31.5. The molecule has 8 bridgehead atoms. The van der Waals surface area contributed by atoms with Gasteiger partial charge in [0, 0.05) is 48.8 Å². The maximum Gasteiger partial charge on any atom is 0.668 e. The fourth-order valence-corrected chi connectivity index (χ4v) is 41.8. The van der Waals surface area contributed by atoms with Crippen LogP contribution in [0.25, 0.3) is 0 Å². The Hall–Kier alpha value is 0.935. The fourth-order valence-electron chi connectivity index (χ4n) is 5.45. The first-order chi connectivity index (χ1) is 24.3. The van der Waals surface area contributed by atoms with E-state index in [2.05, 4.69) is 0 Å². The average molecular weight is 903 g/mol. The van der Waals surface area contributed by atoms with E-state index in [0.29, 0.717) is 0 Å². The van der Waals surface area contributed by atoms with Crippen LogP contribution in [0.4, 0.5) is 0 Å². The molecule has 6 fully saturated rings. The van der Waals surface area contributed by atoms with E-state index in [9.17, 15) is 0 Å². The van der Waals surface area contributed by atoms with Crippen molar-refractivity contribution >= 4 is 72.1 Å². The predicted octanol–water partition coefficient (Wildman–Crippen LogP) is 3.18. The molecule has 6 aliphatic rings. The van der Waals surface area contributed by atoms with Crippen LogP contribution in [-0.4, -0.2) is 127 Å². The molecule has 20 nitrogen and oxygen atoms in total. The summed E-state index contributed by atoms with van der Waals surface area (Å²) in [5.74, 6) is 0. The van der Waals surface area contributed by atoms with Crippen molar-refractivity contribution in [1.29, 1.82) is 0 Å². The largest absolute Gasteiger partial charge is 0.668 e. The van der Waals surface area contributed by atoms with Crippen molar-refractivity contribution in [3.8, 4) is 0 Å². The molecule has 0 N–H and O–H groups in total. The molecule has 6 unspecified atom stereocenters. The Labute approximate surface area is 322 Å². The first-order valence-electron chi connectivity index (χ1n) is 18.1. The van der Waals surface area contributed by atoms with Crippen LogP contribution < -0.4 is 0 Å². The van der Waals surface area contributed by atoms with Crippen LogP contribution in [0.3, 0.4) is 0 Å². The molecule has 0 aromatic carbocycles. The summed E-state index contributed by atoms with van der Waals surface area (Å²) in [7, 11) is -38.9. The van der Waals surface area contributed by atoms with Crippen molar-refractivity contribution in [3.05, 3.63) is 0 Å². The van der Waals surface area contributed by atoms with E-state index >= 15 is 0 Å². The summed E-state index contributed by atoms with van der Waals surface area (Å²) in [6.45, 7) is 28.1. The lowest BCUT2D eigenvalue weighted by molar-refractivity contribution is -0.152. The van der Waals surface area contributed by atoms with Crippen molar-refractivity contribution in [1.82, 2.24) is 0 Å². The molecule has 0 saturated carbocycles. The second-order valence-electron chi connectivity index (χ2n) is 14.9. The highest BCUT2D eigenvalue weighted by atomic mass is 28.6. The number of rotatable bonds is 16. The standard InChI is InChI=1S/C25H58O20Si8/c1-18(2)27-46-17-26-47(28-19(3)4)37-50(31-22(9)10)39-48(35-46,29-20(5)6)41-52(33-24(13)14)42-49(36-46,30-21(7)8)40-51(38-47,32-23(11)12)44-53(43-50,45-52)34-25(15)16/h18-25H,17H2,1-16H3/t46?,47?,48-,49?,50?,51-,52?,53?/m1/s1. The highest BCUT2D eigenvalue weighted by Crippen LogP contribution is 2.49. The van der Waals surface area contributed by atoms with Crippen LogP contribution in [0, 0.1) is 0 Å². The topological polar surface area (TPSA) is 185 Å². The molecule has 6 saturated heterocycles. The van der Waals surface area contributed by atoms with Crippen LogP contribution in [-0.2, 0) is 85.1 Å². The summed E-state index contributed by atoms with van der Waals surface area (Å²) < 4.78 is 136. The monoisotopic (exact) mass is 902 g/mol. The van der Waals surface area contributed by atoms with Gasteiger partial charge in [0.1, 0.15) is 6.23 Å². The summed E-state index contributed by atoms with van der Waals surface area (Å²) >= 11 is 0. The lowest BCUT2D eigenvalue weighted by Crippen LogP contribution is -2.87. The van der Waals surface area contributed by atoms with Gasteiger partial charge in [-0.3, -0.25) is 0 Å². The predicted molar refractivity (Wildman–Crippen MR) is 194 cm³/mol. The zero-order chi connectivity index (χ0) is 39.5. The zero-order valence-corrected chi connectivity index (χ0v) is 41.5. The second-order valence-corrected chi connectivity index (χ2v) is 34.7. The van der Waals surface area contributed by atoms with Gasteiger partial charge in [0.05, 0.1) is 0 Å². The van der Waals surface area contributed by atoms with Gasteiger partial charge in [0.2, 0.25) is 0 Å². The molecule has 0 aliphatic carbocycles. The molecule has 0 aromatic rings. The van der Waals surface area contributed by atoms with E-state index in [1.165, 1.54) is 0 Å². The number of hydrogen-bond donors (Lipinski definition) is 0. The van der Waals surface area contributed by atoms with Gasteiger partial charge in [-0.25, -0.2) is 0 Å². The van der Waals surface area contributed by atoms with Crippen LogP contribution in [0.15, 0.2) is 0 Å². The van der Waals surface area contributed by atoms with E-state index in [0.717, 1.165) is 0 Å². The van der Waals surface area contributed by atoms with Crippen LogP contribution >= 0.6 is 0 Å². The molecule has 310 valence electrons. The molecule has 0 aromatic heterocycles. The summed E-state index contributed by atoms with van der Waals surface area (Å²) in [5, 5.41) is 0. The molecule has 6 aliphatic heterocycles. The van der Waals surface area contributed by atoms with Gasteiger partial charge in [0.25, 0.3) is 0 Å². The van der Waals surface area contributed by atoms with Gasteiger partial charge in [-0.2, -0.15) is 0 Å². The molecule has 53 heavy (non-hydrogen) atoms. The van der Waals surface area contributed by atoms with Gasteiger partial charge in [-0.15, -0.1) is 0 Å². The molecule has 0 amide bonds. The Morgan fingerprint density at radius 3 is 0.679 bits per heavy atom. The molecule has 6 heterocycles. The molecular formula is C25H58O20Si8. The van der Waals surface area contributed by atoms with E-state index in [-0.39, 0.29) is 0 Å². The lowest BCUT2D eigenvalue weighted by Gasteiger charge is -2.55. The Balaban J connectivity index is 1.99. The molecule has 6 rings (SSSR count). The van der Waals surface area contributed by atoms with Crippen molar-refractivity contribution in [2.24, 2.45) is 0 Å². The van der Waals surface area contributed by atoms with Crippen LogP contribution in [0.2, 0.25) is 0 Å². The summed E-state index contributed by atoms with van der Waals surface area (Å²) in [6.07, 6.45) is -5.40. The molecular weight excluding hydrogens is 845 g/mol. The third-order valence-corrected chi connectivity index (χ3v) is 36.2. The van der Waals surface area contributed by atoms with E-state index in [1.54, 1.807) is 111 Å². The normalized spacial score (nSPS) is 41.7. The van der Waals surface area contributed by atoms with Crippen molar-refractivity contribution in [3.63, 3.8) is 0 Å². The first kappa shape index (κ1) is 45.0. The number of hydrogen-bond acceptors (Lipinski definition) is 20. The summed E-state index contributed by atoms with van der Waals surface area (Å²) in [6, 6.07) is 0. The van der Waals surface area contributed by atoms with Crippen molar-refractivity contribution in [2.75, 3.05) is 6.23 Å². The highest BCUT2D eigenvalue weighted by molar-refractivity contribution is 6.96. The Bertz CT molecular complexity index is 1120. The summed E-state index contributed by atoms with van der Waals surface area (Å²) in [5.41, 5.74) is 0. The van der Waals surface area contributed by atoms with Gasteiger partial charge >= 0.3 is 72.1 Å².